The van der Waals surface area contributed by atoms with E-state index in [0.717, 1.165) is 19.3 Å². The molecule has 4 heteroatoms. The van der Waals surface area contributed by atoms with Crippen LogP contribution in [0.25, 0.3) is 0 Å². The van der Waals surface area contributed by atoms with Crippen molar-refractivity contribution < 1.29 is 8.42 Å². The van der Waals surface area contributed by atoms with Crippen LogP contribution in [0.5, 0.6) is 0 Å². The van der Waals surface area contributed by atoms with Crippen molar-refractivity contribution in [2.75, 3.05) is 6.26 Å². The third-order valence-corrected chi connectivity index (χ3v) is 5.30. The molecule has 0 N–H and O–H groups in total. The Balaban J connectivity index is 2.28. The van der Waals surface area contributed by atoms with Crippen molar-refractivity contribution in [2.24, 2.45) is 11.3 Å². The highest BCUT2D eigenvalue weighted by Gasteiger charge is 2.53. The summed E-state index contributed by atoms with van der Waals surface area (Å²) in [6.45, 7) is 6.66. The van der Waals surface area contributed by atoms with E-state index in [1.54, 1.807) is 4.31 Å². The Labute approximate surface area is 92.9 Å². The van der Waals surface area contributed by atoms with Crippen LogP contribution < -0.4 is 0 Å². The molecule has 15 heavy (non-hydrogen) atoms. The van der Waals surface area contributed by atoms with Gasteiger partial charge in [0.25, 0.3) is 0 Å². The Morgan fingerprint density at radius 2 is 1.80 bits per heavy atom. The fourth-order valence-electron chi connectivity index (χ4n) is 3.39. The van der Waals surface area contributed by atoms with Gasteiger partial charge in [-0.05, 0) is 30.6 Å². The minimum Gasteiger partial charge on any atom is -0.212 e. The van der Waals surface area contributed by atoms with Gasteiger partial charge in [0.05, 0.1) is 6.26 Å². The first-order valence-electron chi connectivity index (χ1n) is 5.70. The maximum absolute atomic E-state index is 11.7. The van der Waals surface area contributed by atoms with Gasteiger partial charge in [-0.25, -0.2) is 8.42 Å². The molecule has 0 amide bonds. The van der Waals surface area contributed by atoms with Gasteiger partial charge in [-0.3, -0.25) is 0 Å². The summed E-state index contributed by atoms with van der Waals surface area (Å²) >= 11 is 0. The van der Waals surface area contributed by atoms with E-state index in [-0.39, 0.29) is 17.5 Å². The van der Waals surface area contributed by atoms with Crippen molar-refractivity contribution in [3.05, 3.63) is 0 Å². The first-order valence-corrected chi connectivity index (χ1v) is 7.54. The second kappa shape index (κ2) is 3.20. The van der Waals surface area contributed by atoms with Crippen molar-refractivity contribution in [3.8, 4) is 0 Å². The molecule has 0 aromatic heterocycles. The lowest BCUT2D eigenvalue weighted by molar-refractivity contribution is 0.188. The second-order valence-corrected chi connectivity index (χ2v) is 7.99. The smallest absolute Gasteiger partial charge is 0.211 e. The van der Waals surface area contributed by atoms with E-state index in [4.69, 9.17) is 0 Å². The fourth-order valence-corrected chi connectivity index (χ4v) is 4.86. The van der Waals surface area contributed by atoms with Crippen LogP contribution in [0, 0.1) is 11.3 Å². The molecule has 2 aliphatic heterocycles. The van der Waals surface area contributed by atoms with Crippen LogP contribution in [-0.4, -0.2) is 31.1 Å². The van der Waals surface area contributed by atoms with Crippen molar-refractivity contribution in [1.82, 2.24) is 4.31 Å². The molecule has 0 saturated carbocycles. The zero-order valence-corrected chi connectivity index (χ0v) is 10.8. The third-order valence-electron chi connectivity index (χ3n) is 3.97. The maximum atomic E-state index is 11.7. The first-order chi connectivity index (χ1) is 6.71. The molecule has 3 atom stereocenters. The van der Waals surface area contributed by atoms with Crippen LogP contribution in [0.1, 0.15) is 40.0 Å². The molecule has 2 aliphatic rings. The van der Waals surface area contributed by atoms with E-state index >= 15 is 0 Å². The summed E-state index contributed by atoms with van der Waals surface area (Å²) in [5.41, 5.74) is 0.225. The predicted octanol–water partition coefficient (Wildman–Crippen LogP) is 1.85. The van der Waals surface area contributed by atoms with Crippen LogP contribution in [0.4, 0.5) is 0 Å². The first kappa shape index (κ1) is 11.4. The molecule has 0 aliphatic carbocycles. The molecule has 2 heterocycles. The summed E-state index contributed by atoms with van der Waals surface area (Å²) in [5.74, 6) is 0.533. The normalized spacial score (nSPS) is 37.5. The van der Waals surface area contributed by atoms with Crippen LogP contribution in [0.15, 0.2) is 0 Å². The van der Waals surface area contributed by atoms with Crippen LogP contribution in [0.2, 0.25) is 0 Å². The molecule has 3 unspecified atom stereocenters. The number of hydrogen-bond acceptors (Lipinski definition) is 2. The van der Waals surface area contributed by atoms with Gasteiger partial charge in [0.15, 0.2) is 0 Å². The summed E-state index contributed by atoms with van der Waals surface area (Å²) in [6, 6.07) is 0.555. The van der Waals surface area contributed by atoms with E-state index in [1.807, 2.05) is 0 Å². The van der Waals surface area contributed by atoms with Gasteiger partial charge >= 0.3 is 0 Å². The Hall–Kier alpha value is -0.0900. The molecule has 88 valence electrons. The zero-order valence-electron chi connectivity index (χ0n) is 10.0. The zero-order chi connectivity index (χ0) is 11.4. The van der Waals surface area contributed by atoms with Gasteiger partial charge in [-0.1, -0.05) is 20.8 Å². The Morgan fingerprint density at radius 1 is 1.20 bits per heavy atom. The van der Waals surface area contributed by atoms with Crippen molar-refractivity contribution in [3.63, 3.8) is 0 Å². The average Bonchev–Trinajstić information content (AvgIpc) is 2.55. The lowest BCUT2D eigenvalue weighted by Gasteiger charge is -2.33. The van der Waals surface area contributed by atoms with Gasteiger partial charge in [0.1, 0.15) is 0 Å². The van der Waals surface area contributed by atoms with Gasteiger partial charge in [0.2, 0.25) is 10.0 Å². The van der Waals surface area contributed by atoms with Crippen LogP contribution in [-0.2, 0) is 10.0 Å². The SMILES string of the molecule is CC(C)(C)C1CC2CCC1N2S(C)(=O)=O. The quantitative estimate of drug-likeness (QED) is 0.690. The van der Waals surface area contributed by atoms with E-state index in [9.17, 15) is 8.42 Å². The highest BCUT2D eigenvalue weighted by molar-refractivity contribution is 7.88. The molecular formula is C11H21NO2S. The van der Waals surface area contributed by atoms with Crippen LogP contribution in [0.3, 0.4) is 0 Å². The van der Waals surface area contributed by atoms with Crippen molar-refractivity contribution >= 4 is 10.0 Å². The summed E-state index contributed by atoms with van der Waals surface area (Å²) in [7, 11) is -3.00. The van der Waals surface area contributed by atoms with E-state index in [2.05, 4.69) is 20.8 Å². The molecule has 0 spiro atoms. The minimum atomic E-state index is -3.00. The Morgan fingerprint density at radius 3 is 2.13 bits per heavy atom. The lowest BCUT2D eigenvalue weighted by Crippen LogP contribution is -2.38. The molecular weight excluding hydrogens is 210 g/mol. The summed E-state index contributed by atoms with van der Waals surface area (Å²) in [5, 5.41) is 0. The molecule has 0 radical (unpaired) electrons. The molecule has 0 aromatic rings. The standard InChI is InChI=1S/C11H21NO2S/c1-11(2,3)9-7-8-5-6-10(9)12(8)15(4,13)14/h8-10H,5-7H2,1-4H3. The maximum Gasteiger partial charge on any atom is 0.211 e. The average molecular weight is 231 g/mol. The van der Waals surface area contributed by atoms with E-state index in [0.29, 0.717) is 5.92 Å². The van der Waals surface area contributed by atoms with Crippen molar-refractivity contribution in [2.45, 2.75) is 52.1 Å². The molecule has 3 nitrogen and oxygen atoms in total. The molecule has 2 bridgehead atoms. The molecule has 0 aromatic carbocycles. The van der Waals surface area contributed by atoms with E-state index < -0.39 is 10.0 Å². The third kappa shape index (κ3) is 1.82. The second-order valence-electron chi connectivity index (χ2n) is 6.10. The minimum absolute atomic E-state index is 0.225. The number of rotatable bonds is 1. The van der Waals surface area contributed by atoms with Gasteiger partial charge in [-0.15, -0.1) is 0 Å². The summed E-state index contributed by atoms with van der Waals surface area (Å²) < 4.78 is 25.2. The molecule has 2 rings (SSSR count). The highest BCUT2D eigenvalue weighted by Crippen LogP contribution is 2.49. The lowest BCUT2D eigenvalue weighted by atomic mass is 9.72. The topological polar surface area (TPSA) is 37.4 Å². The number of hydrogen-bond donors (Lipinski definition) is 0. The van der Waals surface area contributed by atoms with Crippen LogP contribution >= 0.6 is 0 Å². The summed E-state index contributed by atoms with van der Waals surface area (Å²) in [4.78, 5) is 0. The highest BCUT2D eigenvalue weighted by atomic mass is 32.2. The fraction of sp³-hybridized carbons (Fsp3) is 1.00. The predicted molar refractivity (Wildman–Crippen MR) is 61.1 cm³/mol. The number of sulfonamides is 1. The summed E-state index contributed by atoms with van der Waals surface area (Å²) in [6.07, 6.45) is 4.52. The van der Waals surface area contributed by atoms with Gasteiger partial charge in [-0.2, -0.15) is 4.31 Å². The monoisotopic (exact) mass is 231 g/mol. The number of nitrogens with zero attached hydrogens (tertiary/aromatic N) is 1. The molecule has 2 saturated heterocycles. The largest absolute Gasteiger partial charge is 0.212 e. The van der Waals surface area contributed by atoms with Gasteiger partial charge < -0.3 is 0 Å². The number of fused-ring (bicyclic) bond motifs is 2. The Bertz CT molecular complexity index is 355. The Kier molecular flexibility index (Phi) is 2.43. The van der Waals surface area contributed by atoms with Crippen molar-refractivity contribution in [1.29, 1.82) is 0 Å². The molecule has 2 fully saturated rings. The van der Waals surface area contributed by atoms with Gasteiger partial charge in [0, 0.05) is 12.1 Å². The van der Waals surface area contributed by atoms with E-state index in [1.165, 1.54) is 6.26 Å².